The molecule has 0 aromatic heterocycles. The van der Waals surface area contributed by atoms with Crippen LogP contribution in [-0.4, -0.2) is 11.7 Å². The van der Waals surface area contributed by atoms with Gasteiger partial charge in [0.05, 0.1) is 6.04 Å². The number of aryl methyl sites for hydroxylation is 1. The van der Waals surface area contributed by atoms with E-state index >= 15 is 0 Å². The maximum atomic E-state index is 11.6. The topological polar surface area (TPSA) is 46.2 Å². The first-order valence-electron chi connectivity index (χ1n) is 6.55. The molecule has 1 aliphatic rings. The molecule has 18 heavy (non-hydrogen) atoms. The highest BCUT2D eigenvalue weighted by Crippen LogP contribution is 2.31. The van der Waals surface area contributed by atoms with Crippen LogP contribution in [0.25, 0.3) is 0 Å². The number of rotatable bonds is 4. The van der Waals surface area contributed by atoms with Gasteiger partial charge in [-0.05, 0) is 43.4 Å². The number of carbonyl (C=O) groups excluding carboxylic acids is 2. The fraction of sp³-hybridized carbons (Fsp3) is 0.467. The molecule has 0 saturated carbocycles. The number of fused-ring (bicyclic) bond motifs is 1. The molecule has 3 nitrogen and oxygen atoms in total. The largest absolute Gasteiger partial charge is 0.349 e. The Morgan fingerprint density at radius 1 is 1.39 bits per heavy atom. The Bertz CT molecular complexity index is 479. The van der Waals surface area contributed by atoms with Gasteiger partial charge in [0.1, 0.15) is 0 Å². The second kappa shape index (κ2) is 5.34. The summed E-state index contributed by atoms with van der Waals surface area (Å²) in [4.78, 5) is 22.9. The Morgan fingerprint density at radius 3 is 2.83 bits per heavy atom. The van der Waals surface area contributed by atoms with Gasteiger partial charge >= 0.3 is 0 Å². The van der Waals surface area contributed by atoms with E-state index in [4.69, 9.17) is 0 Å². The zero-order valence-electron chi connectivity index (χ0n) is 11.0. The first-order valence-corrected chi connectivity index (χ1v) is 6.55. The van der Waals surface area contributed by atoms with Crippen molar-refractivity contribution in [1.82, 2.24) is 5.32 Å². The fourth-order valence-corrected chi connectivity index (χ4v) is 2.48. The van der Waals surface area contributed by atoms with Crippen molar-refractivity contribution in [3.8, 4) is 0 Å². The van der Waals surface area contributed by atoms with Gasteiger partial charge in [0, 0.05) is 12.0 Å². The van der Waals surface area contributed by atoms with Crippen LogP contribution < -0.4 is 5.32 Å². The van der Waals surface area contributed by atoms with Crippen LogP contribution in [0.2, 0.25) is 0 Å². The number of carbonyl (C=O) groups is 2. The zero-order valence-corrected chi connectivity index (χ0v) is 11.0. The van der Waals surface area contributed by atoms with Crippen molar-refractivity contribution in [2.24, 2.45) is 0 Å². The van der Waals surface area contributed by atoms with Gasteiger partial charge in [-0.1, -0.05) is 19.1 Å². The Balaban J connectivity index is 2.14. The van der Waals surface area contributed by atoms with E-state index in [1.165, 1.54) is 11.1 Å². The second-order valence-corrected chi connectivity index (χ2v) is 4.88. The van der Waals surface area contributed by atoms with Crippen LogP contribution in [0.4, 0.5) is 0 Å². The highest BCUT2D eigenvalue weighted by Gasteiger charge is 2.24. The summed E-state index contributed by atoms with van der Waals surface area (Å²) in [6.07, 6.45) is 3.33. The van der Waals surface area contributed by atoms with Crippen molar-refractivity contribution in [3.63, 3.8) is 0 Å². The molecule has 0 saturated heterocycles. The molecule has 0 bridgehead atoms. The first kappa shape index (κ1) is 12.8. The molecule has 1 atom stereocenters. The van der Waals surface area contributed by atoms with Gasteiger partial charge in [-0.3, -0.25) is 9.59 Å². The summed E-state index contributed by atoms with van der Waals surface area (Å²) >= 11 is 0. The summed E-state index contributed by atoms with van der Waals surface area (Å²) in [6, 6.07) is 5.92. The number of Topliss-reactive ketones (excluding diaryl/α,β-unsaturated/α-hetero) is 1. The molecule has 0 radical (unpaired) electrons. The Labute approximate surface area is 108 Å². The summed E-state index contributed by atoms with van der Waals surface area (Å²) < 4.78 is 0. The van der Waals surface area contributed by atoms with Crippen molar-refractivity contribution in [1.29, 1.82) is 0 Å². The van der Waals surface area contributed by atoms with E-state index in [-0.39, 0.29) is 17.7 Å². The van der Waals surface area contributed by atoms with E-state index < -0.39 is 0 Å². The summed E-state index contributed by atoms with van der Waals surface area (Å²) in [5.74, 6) is 0.210. The summed E-state index contributed by atoms with van der Waals surface area (Å²) in [5.41, 5.74) is 3.13. The lowest BCUT2D eigenvalue weighted by molar-refractivity contribution is -0.121. The average Bonchev–Trinajstić information content (AvgIpc) is 2.72. The Hall–Kier alpha value is -1.64. The molecule has 1 amide bonds. The molecular weight excluding hydrogens is 226 g/mol. The second-order valence-electron chi connectivity index (χ2n) is 4.88. The van der Waals surface area contributed by atoms with Crippen molar-refractivity contribution in [2.45, 2.75) is 45.6 Å². The lowest BCUT2D eigenvalue weighted by Crippen LogP contribution is -2.26. The third-order valence-electron chi connectivity index (χ3n) is 3.44. The zero-order chi connectivity index (χ0) is 13.1. The van der Waals surface area contributed by atoms with Gasteiger partial charge < -0.3 is 5.32 Å². The van der Waals surface area contributed by atoms with Gasteiger partial charge in [0.15, 0.2) is 5.78 Å². The third kappa shape index (κ3) is 2.61. The minimum absolute atomic E-state index is 0.0938. The maximum absolute atomic E-state index is 11.6. The van der Waals surface area contributed by atoms with E-state index in [1.807, 2.05) is 25.1 Å². The third-order valence-corrected chi connectivity index (χ3v) is 3.44. The molecule has 1 aromatic carbocycles. The average molecular weight is 245 g/mol. The van der Waals surface area contributed by atoms with Crippen LogP contribution in [0.5, 0.6) is 0 Å². The summed E-state index contributed by atoms with van der Waals surface area (Å²) in [5, 5.41) is 3.06. The van der Waals surface area contributed by atoms with Crippen LogP contribution in [0, 0.1) is 0 Å². The number of hydrogen-bond donors (Lipinski definition) is 1. The van der Waals surface area contributed by atoms with Crippen LogP contribution >= 0.6 is 0 Å². The van der Waals surface area contributed by atoms with Crippen molar-refractivity contribution in [3.05, 3.63) is 34.9 Å². The maximum Gasteiger partial charge on any atom is 0.220 e. The molecule has 1 aromatic rings. The molecule has 1 N–H and O–H groups in total. The summed E-state index contributed by atoms with van der Waals surface area (Å²) in [6.45, 7) is 3.58. The van der Waals surface area contributed by atoms with E-state index in [0.29, 0.717) is 6.42 Å². The molecule has 3 heteroatoms. The monoisotopic (exact) mass is 245 g/mol. The van der Waals surface area contributed by atoms with Gasteiger partial charge in [-0.25, -0.2) is 0 Å². The molecule has 1 aliphatic carbocycles. The summed E-state index contributed by atoms with van der Waals surface area (Å²) in [7, 11) is 0. The molecule has 0 spiro atoms. The Morgan fingerprint density at radius 2 is 2.17 bits per heavy atom. The van der Waals surface area contributed by atoms with Gasteiger partial charge in [-0.2, -0.15) is 0 Å². The highest BCUT2D eigenvalue weighted by atomic mass is 16.1. The predicted molar refractivity (Wildman–Crippen MR) is 70.6 cm³/mol. The van der Waals surface area contributed by atoms with Crippen LogP contribution in [0.15, 0.2) is 18.2 Å². The van der Waals surface area contributed by atoms with E-state index in [9.17, 15) is 9.59 Å². The SMILES string of the molecule is CCCC(=O)NC1CCc2cc(C(C)=O)ccc21. The van der Waals surface area contributed by atoms with Crippen LogP contribution in [0.1, 0.15) is 60.6 Å². The number of hydrogen-bond acceptors (Lipinski definition) is 2. The first-order chi connectivity index (χ1) is 8.61. The smallest absolute Gasteiger partial charge is 0.220 e. The minimum Gasteiger partial charge on any atom is -0.349 e. The standard InChI is InChI=1S/C15H19NO2/c1-3-4-15(18)16-14-8-6-12-9-11(10(2)17)5-7-13(12)14/h5,7,9,14H,3-4,6,8H2,1-2H3,(H,16,18). The van der Waals surface area contributed by atoms with Crippen molar-refractivity contribution >= 4 is 11.7 Å². The van der Waals surface area contributed by atoms with E-state index in [1.54, 1.807) is 6.92 Å². The van der Waals surface area contributed by atoms with E-state index in [2.05, 4.69) is 5.32 Å². The van der Waals surface area contributed by atoms with E-state index in [0.717, 1.165) is 24.8 Å². The molecule has 0 fully saturated rings. The van der Waals surface area contributed by atoms with Gasteiger partial charge in [0.2, 0.25) is 5.91 Å². The quantitative estimate of drug-likeness (QED) is 0.829. The predicted octanol–water partition coefficient (Wildman–Crippen LogP) is 2.79. The number of nitrogens with one attached hydrogen (secondary N) is 1. The number of ketones is 1. The molecule has 0 heterocycles. The highest BCUT2D eigenvalue weighted by molar-refractivity contribution is 5.94. The molecule has 0 aliphatic heterocycles. The number of benzene rings is 1. The fourth-order valence-electron chi connectivity index (χ4n) is 2.48. The minimum atomic E-state index is 0.0938. The van der Waals surface area contributed by atoms with Gasteiger partial charge in [-0.15, -0.1) is 0 Å². The number of amides is 1. The molecule has 96 valence electrons. The van der Waals surface area contributed by atoms with Crippen LogP contribution in [0.3, 0.4) is 0 Å². The molecular formula is C15H19NO2. The molecule has 1 unspecified atom stereocenters. The van der Waals surface area contributed by atoms with Gasteiger partial charge in [0.25, 0.3) is 0 Å². The Kier molecular flexibility index (Phi) is 3.80. The van der Waals surface area contributed by atoms with Crippen molar-refractivity contribution in [2.75, 3.05) is 0 Å². The molecule has 2 rings (SSSR count). The normalized spacial score (nSPS) is 17.3. The lowest BCUT2D eigenvalue weighted by Gasteiger charge is -2.14. The lowest BCUT2D eigenvalue weighted by atomic mass is 10.0. The van der Waals surface area contributed by atoms with Crippen molar-refractivity contribution < 1.29 is 9.59 Å². The van der Waals surface area contributed by atoms with Crippen LogP contribution in [-0.2, 0) is 11.2 Å².